The number of amides is 1. The molecule has 0 aliphatic carbocycles. The Morgan fingerprint density at radius 1 is 0.844 bits per heavy atom. The first-order chi connectivity index (χ1) is 15.1. The zero-order valence-electron chi connectivity index (χ0n) is 18.1. The van der Waals surface area contributed by atoms with Crippen molar-refractivity contribution >= 4 is 29.8 Å². The highest BCUT2D eigenvalue weighted by Crippen LogP contribution is 2.28. The summed E-state index contributed by atoms with van der Waals surface area (Å²) in [6, 6.07) is 6.78. The van der Waals surface area contributed by atoms with E-state index in [0.717, 1.165) is 13.8 Å². The van der Waals surface area contributed by atoms with E-state index in [0.29, 0.717) is 0 Å². The van der Waals surface area contributed by atoms with E-state index in [1.54, 1.807) is 18.2 Å². The maximum Gasteiger partial charge on any atom is 0.340 e. The van der Waals surface area contributed by atoms with Crippen LogP contribution in [0.15, 0.2) is 30.3 Å². The fourth-order valence-corrected chi connectivity index (χ4v) is 3.14. The van der Waals surface area contributed by atoms with E-state index in [4.69, 9.17) is 23.7 Å². The Bertz CT molecular complexity index is 855. The van der Waals surface area contributed by atoms with Crippen LogP contribution in [0.5, 0.6) is 0 Å². The van der Waals surface area contributed by atoms with Crippen molar-refractivity contribution in [2.75, 3.05) is 6.61 Å². The summed E-state index contributed by atoms with van der Waals surface area (Å²) in [5.41, 5.74) is 0.209. The highest BCUT2D eigenvalue weighted by atomic mass is 16.7. The van der Waals surface area contributed by atoms with E-state index >= 15 is 0 Å². The van der Waals surface area contributed by atoms with Crippen molar-refractivity contribution in [1.82, 2.24) is 5.32 Å². The van der Waals surface area contributed by atoms with E-state index in [1.807, 2.05) is 0 Å². The van der Waals surface area contributed by atoms with Crippen molar-refractivity contribution in [2.45, 2.75) is 58.3 Å². The van der Waals surface area contributed by atoms with E-state index in [9.17, 15) is 24.0 Å². The second kappa shape index (κ2) is 11.2. The van der Waals surface area contributed by atoms with Gasteiger partial charge < -0.3 is 29.0 Å². The summed E-state index contributed by atoms with van der Waals surface area (Å²) in [5.74, 6) is -3.43. The van der Waals surface area contributed by atoms with Gasteiger partial charge in [-0.05, 0) is 12.1 Å². The first-order valence-electron chi connectivity index (χ1n) is 9.75. The maximum atomic E-state index is 12.6. The molecule has 1 aliphatic heterocycles. The van der Waals surface area contributed by atoms with Gasteiger partial charge in [-0.25, -0.2) is 4.79 Å². The average Bonchev–Trinajstić information content (AvgIpc) is 2.70. The van der Waals surface area contributed by atoms with Gasteiger partial charge in [-0.2, -0.15) is 0 Å². The molecule has 0 spiro atoms. The highest BCUT2D eigenvalue weighted by Gasteiger charge is 2.52. The summed E-state index contributed by atoms with van der Waals surface area (Å²) in [4.78, 5) is 59.3. The molecule has 1 amide bonds. The van der Waals surface area contributed by atoms with Gasteiger partial charge in [0.15, 0.2) is 12.2 Å². The molecule has 0 bridgehead atoms. The minimum Gasteiger partial charge on any atom is -0.463 e. The zero-order chi connectivity index (χ0) is 23.8. The van der Waals surface area contributed by atoms with Crippen molar-refractivity contribution < 1.29 is 47.7 Å². The molecule has 1 saturated heterocycles. The Balaban J connectivity index is 2.42. The van der Waals surface area contributed by atoms with Gasteiger partial charge in [0.25, 0.3) is 0 Å². The third-order valence-corrected chi connectivity index (χ3v) is 4.30. The Labute approximate surface area is 184 Å². The fraction of sp³-hybridized carbons (Fsp3) is 0.476. The highest BCUT2D eigenvalue weighted by molar-refractivity contribution is 5.89. The molecule has 1 aliphatic rings. The average molecular weight is 451 g/mol. The monoisotopic (exact) mass is 451 g/mol. The Morgan fingerprint density at radius 2 is 1.44 bits per heavy atom. The van der Waals surface area contributed by atoms with Gasteiger partial charge >= 0.3 is 23.9 Å². The largest absolute Gasteiger partial charge is 0.463 e. The molecule has 0 radical (unpaired) electrons. The van der Waals surface area contributed by atoms with Crippen LogP contribution in [-0.2, 0) is 42.9 Å². The lowest BCUT2D eigenvalue weighted by molar-refractivity contribution is -0.263. The molecule has 11 nitrogen and oxygen atoms in total. The van der Waals surface area contributed by atoms with Gasteiger partial charge in [0.2, 0.25) is 12.2 Å². The Hall–Kier alpha value is -3.47. The van der Waals surface area contributed by atoms with Gasteiger partial charge in [-0.3, -0.25) is 19.2 Å². The molecule has 0 saturated carbocycles. The molecule has 0 aromatic heterocycles. The predicted molar refractivity (Wildman–Crippen MR) is 106 cm³/mol. The summed E-state index contributed by atoms with van der Waals surface area (Å²) < 4.78 is 26.8. The topological polar surface area (TPSA) is 144 Å². The lowest BCUT2D eigenvalue weighted by Gasteiger charge is -2.44. The van der Waals surface area contributed by atoms with Crippen LogP contribution in [0.1, 0.15) is 38.1 Å². The number of ether oxygens (including phenoxy) is 5. The minimum absolute atomic E-state index is 0.209. The standard InChI is InChI=1S/C21H25NO10/c1-11(23)22-17-19(30-14(4)26)18(29-13(3)25)16(10-28-12(2)24)31-21(17)32-20(27)15-8-6-5-7-9-15/h5-9,16-19,21H,10H2,1-4H3,(H,22,23). The first-order valence-corrected chi connectivity index (χ1v) is 9.75. The van der Waals surface area contributed by atoms with Crippen LogP contribution >= 0.6 is 0 Å². The Morgan fingerprint density at radius 3 is 1.97 bits per heavy atom. The Kier molecular flexibility index (Phi) is 8.71. The van der Waals surface area contributed by atoms with Crippen molar-refractivity contribution in [3.05, 3.63) is 35.9 Å². The number of carbonyl (C=O) groups excluding carboxylic acids is 5. The molecule has 1 aromatic carbocycles. The van der Waals surface area contributed by atoms with Gasteiger partial charge in [-0.15, -0.1) is 0 Å². The van der Waals surface area contributed by atoms with Gasteiger partial charge in [0.1, 0.15) is 18.8 Å². The molecule has 2 rings (SSSR count). The van der Waals surface area contributed by atoms with Crippen LogP contribution in [0.2, 0.25) is 0 Å². The zero-order valence-corrected chi connectivity index (χ0v) is 18.1. The summed E-state index contributed by atoms with van der Waals surface area (Å²) >= 11 is 0. The number of carbonyl (C=O) groups is 5. The number of esters is 4. The van der Waals surface area contributed by atoms with Crippen LogP contribution < -0.4 is 5.32 Å². The molecule has 1 fully saturated rings. The first kappa shape index (κ1) is 24.8. The van der Waals surface area contributed by atoms with E-state index in [1.165, 1.54) is 26.0 Å². The quantitative estimate of drug-likeness (QED) is 0.460. The van der Waals surface area contributed by atoms with Crippen LogP contribution in [0, 0.1) is 0 Å². The molecule has 5 atom stereocenters. The third-order valence-electron chi connectivity index (χ3n) is 4.30. The molecule has 1 N–H and O–H groups in total. The molecule has 1 aromatic rings. The second-order valence-corrected chi connectivity index (χ2v) is 6.99. The van der Waals surface area contributed by atoms with Crippen molar-refractivity contribution in [3.63, 3.8) is 0 Å². The number of rotatable bonds is 7. The van der Waals surface area contributed by atoms with Gasteiger partial charge in [0.05, 0.1) is 5.56 Å². The summed E-state index contributed by atoms with van der Waals surface area (Å²) in [6.07, 6.45) is -5.18. The van der Waals surface area contributed by atoms with E-state index < -0.39 is 67.0 Å². The molecular weight excluding hydrogens is 426 g/mol. The molecule has 11 heteroatoms. The second-order valence-electron chi connectivity index (χ2n) is 6.99. The fourth-order valence-electron chi connectivity index (χ4n) is 3.14. The van der Waals surface area contributed by atoms with Crippen molar-refractivity contribution in [3.8, 4) is 0 Å². The number of benzene rings is 1. The van der Waals surface area contributed by atoms with Crippen LogP contribution in [0.25, 0.3) is 0 Å². The molecule has 32 heavy (non-hydrogen) atoms. The number of hydrogen-bond acceptors (Lipinski definition) is 10. The summed E-state index contributed by atoms with van der Waals surface area (Å²) in [5, 5.41) is 2.52. The lowest BCUT2D eigenvalue weighted by Crippen LogP contribution is -2.66. The van der Waals surface area contributed by atoms with Crippen molar-refractivity contribution in [1.29, 1.82) is 0 Å². The van der Waals surface area contributed by atoms with Crippen LogP contribution in [0.3, 0.4) is 0 Å². The maximum absolute atomic E-state index is 12.6. The summed E-state index contributed by atoms with van der Waals surface area (Å²) in [6.45, 7) is 4.23. The minimum atomic E-state index is -1.46. The smallest absolute Gasteiger partial charge is 0.340 e. The van der Waals surface area contributed by atoms with Crippen LogP contribution in [-0.4, -0.2) is 67.0 Å². The number of hydrogen-bond donors (Lipinski definition) is 1. The molecule has 5 unspecified atom stereocenters. The van der Waals surface area contributed by atoms with Crippen molar-refractivity contribution in [2.24, 2.45) is 0 Å². The predicted octanol–water partition coefficient (Wildman–Crippen LogP) is 0.499. The SMILES string of the molecule is CC(=O)NC1C(OC(=O)c2ccccc2)OC(COC(C)=O)C(OC(C)=O)C1OC(C)=O. The van der Waals surface area contributed by atoms with Gasteiger partial charge in [-0.1, -0.05) is 18.2 Å². The van der Waals surface area contributed by atoms with Crippen LogP contribution in [0.4, 0.5) is 0 Å². The molecule has 1 heterocycles. The van der Waals surface area contributed by atoms with E-state index in [2.05, 4.69) is 5.32 Å². The molecular formula is C21H25NO10. The molecule has 174 valence electrons. The third kappa shape index (κ3) is 7.05. The van der Waals surface area contributed by atoms with Gasteiger partial charge in [0, 0.05) is 27.7 Å². The summed E-state index contributed by atoms with van der Waals surface area (Å²) in [7, 11) is 0. The lowest BCUT2D eigenvalue weighted by atomic mass is 9.96. The van der Waals surface area contributed by atoms with E-state index in [-0.39, 0.29) is 5.56 Å². The normalized spacial score (nSPS) is 24.6. The number of nitrogens with one attached hydrogen (secondary N) is 1.